The van der Waals surface area contributed by atoms with Gasteiger partial charge in [0, 0.05) is 19.4 Å². The molecule has 2 aliphatic rings. The Kier molecular flexibility index (Phi) is 3.47. The minimum absolute atomic E-state index is 0.0503. The van der Waals surface area contributed by atoms with Gasteiger partial charge in [0.15, 0.2) is 0 Å². The van der Waals surface area contributed by atoms with Crippen molar-refractivity contribution in [1.29, 1.82) is 0 Å². The Labute approximate surface area is 124 Å². The van der Waals surface area contributed by atoms with Crippen LogP contribution in [0.4, 0.5) is 0 Å². The maximum atomic E-state index is 13.0. The lowest BCUT2D eigenvalue weighted by molar-refractivity contribution is -0.156. The molecule has 1 aliphatic carbocycles. The van der Waals surface area contributed by atoms with E-state index in [0.29, 0.717) is 6.54 Å². The number of imidazole rings is 1. The molecule has 114 valence electrons. The fourth-order valence-electron chi connectivity index (χ4n) is 3.39. The fraction of sp³-hybridized carbons (Fsp3) is 0.667. The number of amides is 2. The fourth-order valence-corrected chi connectivity index (χ4v) is 3.39. The molecule has 3 rings (SSSR count). The lowest BCUT2D eigenvalue weighted by atomic mass is 9.78. The predicted octanol–water partition coefficient (Wildman–Crippen LogP) is 0.970. The van der Waals surface area contributed by atoms with Crippen molar-refractivity contribution in [2.24, 2.45) is 7.05 Å². The molecule has 2 heterocycles. The highest BCUT2D eigenvalue weighted by Crippen LogP contribution is 2.33. The van der Waals surface area contributed by atoms with E-state index < -0.39 is 11.6 Å². The van der Waals surface area contributed by atoms with Gasteiger partial charge in [-0.15, -0.1) is 0 Å². The molecular weight excluding hydrogens is 268 g/mol. The third-order valence-electron chi connectivity index (χ3n) is 4.82. The van der Waals surface area contributed by atoms with Crippen LogP contribution in [0.2, 0.25) is 0 Å². The molecule has 21 heavy (non-hydrogen) atoms. The molecule has 0 bridgehead atoms. The van der Waals surface area contributed by atoms with E-state index in [1.54, 1.807) is 18.0 Å². The monoisotopic (exact) mass is 290 g/mol. The molecule has 1 N–H and O–H groups in total. The lowest BCUT2D eigenvalue weighted by Gasteiger charge is -2.46. The summed E-state index contributed by atoms with van der Waals surface area (Å²) < 4.78 is 1.89. The number of aryl methyl sites for hydroxylation is 1. The number of aromatic nitrogens is 2. The summed E-state index contributed by atoms with van der Waals surface area (Å²) in [6.07, 6.45) is 8.20. The number of rotatable bonds is 2. The topological polar surface area (TPSA) is 67.2 Å². The van der Waals surface area contributed by atoms with E-state index in [4.69, 9.17) is 0 Å². The van der Waals surface area contributed by atoms with E-state index >= 15 is 0 Å². The second-order valence-electron chi connectivity index (χ2n) is 6.20. The first-order valence-electron chi connectivity index (χ1n) is 7.63. The zero-order valence-electron chi connectivity index (χ0n) is 12.6. The third-order valence-corrected chi connectivity index (χ3v) is 4.82. The van der Waals surface area contributed by atoms with E-state index in [1.807, 2.05) is 17.8 Å². The molecule has 1 aromatic rings. The normalized spacial score (nSPS) is 25.2. The standard InChI is InChI=1S/C15H22N4O2/c1-11-13(20)17-15(6-4-3-5-7-15)14(21)19(11)10-12-16-8-9-18(12)2/h8-9,11H,3-7,10H2,1-2H3,(H,17,20). The van der Waals surface area contributed by atoms with Gasteiger partial charge in [0.2, 0.25) is 11.8 Å². The summed E-state index contributed by atoms with van der Waals surface area (Å²) in [4.78, 5) is 31.2. The maximum absolute atomic E-state index is 13.0. The average molecular weight is 290 g/mol. The van der Waals surface area contributed by atoms with Crippen LogP contribution in [0.25, 0.3) is 0 Å². The van der Waals surface area contributed by atoms with Crippen LogP contribution in [-0.2, 0) is 23.2 Å². The zero-order valence-corrected chi connectivity index (χ0v) is 12.6. The van der Waals surface area contributed by atoms with Gasteiger partial charge in [-0.05, 0) is 19.8 Å². The van der Waals surface area contributed by atoms with Gasteiger partial charge in [-0.2, -0.15) is 0 Å². The molecular formula is C15H22N4O2. The third kappa shape index (κ3) is 2.32. The van der Waals surface area contributed by atoms with Gasteiger partial charge in [0.25, 0.3) is 0 Å². The Balaban J connectivity index is 1.88. The summed E-state index contributed by atoms with van der Waals surface area (Å²) >= 11 is 0. The van der Waals surface area contributed by atoms with E-state index in [1.165, 1.54) is 0 Å². The molecule has 1 atom stereocenters. The zero-order chi connectivity index (χ0) is 15.0. The summed E-state index contributed by atoms with van der Waals surface area (Å²) in [5, 5.41) is 3.00. The minimum Gasteiger partial charge on any atom is -0.340 e. The number of piperazine rings is 1. The van der Waals surface area contributed by atoms with Gasteiger partial charge >= 0.3 is 0 Å². The van der Waals surface area contributed by atoms with Crippen molar-refractivity contribution < 1.29 is 9.59 Å². The van der Waals surface area contributed by atoms with Crippen molar-refractivity contribution in [2.45, 2.75) is 57.2 Å². The Hall–Kier alpha value is -1.85. The van der Waals surface area contributed by atoms with Crippen molar-refractivity contribution in [2.75, 3.05) is 0 Å². The quantitative estimate of drug-likeness (QED) is 0.882. The van der Waals surface area contributed by atoms with E-state index in [9.17, 15) is 9.59 Å². The van der Waals surface area contributed by atoms with Gasteiger partial charge in [-0.3, -0.25) is 9.59 Å². The molecule has 0 radical (unpaired) electrons. The van der Waals surface area contributed by atoms with Crippen LogP contribution in [0.5, 0.6) is 0 Å². The van der Waals surface area contributed by atoms with Crippen LogP contribution in [-0.4, -0.2) is 37.8 Å². The highest BCUT2D eigenvalue weighted by molar-refractivity contribution is 5.99. The Morgan fingerprint density at radius 1 is 1.33 bits per heavy atom. The van der Waals surface area contributed by atoms with E-state index in [-0.39, 0.29) is 11.8 Å². The highest BCUT2D eigenvalue weighted by Gasteiger charge is 2.49. The van der Waals surface area contributed by atoms with Gasteiger partial charge in [0.1, 0.15) is 17.4 Å². The maximum Gasteiger partial charge on any atom is 0.249 e. The summed E-state index contributed by atoms with van der Waals surface area (Å²) in [6, 6.07) is -0.443. The second-order valence-corrected chi connectivity index (χ2v) is 6.20. The van der Waals surface area contributed by atoms with Crippen LogP contribution >= 0.6 is 0 Å². The van der Waals surface area contributed by atoms with Crippen LogP contribution < -0.4 is 5.32 Å². The molecule has 2 amide bonds. The predicted molar refractivity (Wildman–Crippen MR) is 77.2 cm³/mol. The first-order valence-corrected chi connectivity index (χ1v) is 7.63. The Morgan fingerprint density at radius 3 is 2.67 bits per heavy atom. The second kappa shape index (κ2) is 5.16. The summed E-state index contributed by atoms with van der Waals surface area (Å²) in [7, 11) is 1.90. The molecule has 1 saturated carbocycles. The molecule has 1 spiro atoms. The first-order chi connectivity index (χ1) is 10.0. The molecule has 1 aromatic heterocycles. The Morgan fingerprint density at radius 2 is 2.05 bits per heavy atom. The number of carbonyl (C=O) groups is 2. The summed E-state index contributed by atoms with van der Waals surface area (Å²) in [5.41, 5.74) is -0.674. The molecule has 1 saturated heterocycles. The summed E-state index contributed by atoms with van der Waals surface area (Å²) in [5.74, 6) is 0.805. The highest BCUT2D eigenvalue weighted by atomic mass is 16.2. The van der Waals surface area contributed by atoms with Crippen molar-refractivity contribution >= 4 is 11.8 Å². The van der Waals surface area contributed by atoms with Gasteiger partial charge in [-0.1, -0.05) is 19.3 Å². The van der Waals surface area contributed by atoms with Gasteiger partial charge in [-0.25, -0.2) is 4.98 Å². The number of hydrogen-bond donors (Lipinski definition) is 1. The minimum atomic E-state index is -0.674. The van der Waals surface area contributed by atoms with Crippen LogP contribution in [0.15, 0.2) is 12.4 Å². The van der Waals surface area contributed by atoms with Gasteiger partial charge < -0.3 is 14.8 Å². The van der Waals surface area contributed by atoms with Crippen molar-refractivity contribution in [3.63, 3.8) is 0 Å². The molecule has 6 nitrogen and oxygen atoms in total. The largest absolute Gasteiger partial charge is 0.340 e. The van der Waals surface area contributed by atoms with Crippen LogP contribution in [0.1, 0.15) is 44.9 Å². The number of nitrogens with one attached hydrogen (secondary N) is 1. The van der Waals surface area contributed by atoms with Crippen molar-refractivity contribution in [3.8, 4) is 0 Å². The first kappa shape index (κ1) is 14.1. The average Bonchev–Trinajstić information content (AvgIpc) is 2.88. The smallest absolute Gasteiger partial charge is 0.249 e. The van der Waals surface area contributed by atoms with Crippen LogP contribution in [0.3, 0.4) is 0 Å². The molecule has 6 heteroatoms. The molecule has 1 unspecified atom stereocenters. The molecule has 2 fully saturated rings. The van der Waals surface area contributed by atoms with Crippen molar-refractivity contribution in [1.82, 2.24) is 19.8 Å². The van der Waals surface area contributed by atoms with Crippen molar-refractivity contribution in [3.05, 3.63) is 18.2 Å². The number of carbonyl (C=O) groups excluding carboxylic acids is 2. The SMILES string of the molecule is CC1C(=O)NC2(CCCCC2)C(=O)N1Cc1nccn1C. The van der Waals surface area contributed by atoms with E-state index in [2.05, 4.69) is 10.3 Å². The van der Waals surface area contributed by atoms with Gasteiger partial charge in [0.05, 0.1) is 6.54 Å². The van der Waals surface area contributed by atoms with Crippen LogP contribution in [0, 0.1) is 0 Å². The lowest BCUT2D eigenvalue weighted by Crippen LogP contribution is -2.69. The molecule has 0 aromatic carbocycles. The number of hydrogen-bond acceptors (Lipinski definition) is 3. The van der Waals surface area contributed by atoms with E-state index in [0.717, 1.165) is 37.9 Å². The summed E-state index contributed by atoms with van der Waals surface area (Å²) in [6.45, 7) is 2.17. The number of nitrogens with zero attached hydrogens (tertiary/aromatic N) is 3. The molecule has 1 aliphatic heterocycles. The Bertz CT molecular complexity index is 560.